The number of phenolic OH excluding ortho intramolecular Hbond substituents is 1. The highest BCUT2D eigenvalue weighted by Crippen LogP contribution is 2.23. The lowest BCUT2D eigenvalue weighted by Crippen LogP contribution is -2.40. The predicted molar refractivity (Wildman–Crippen MR) is 130 cm³/mol. The molecule has 2 N–H and O–H groups in total. The normalized spacial score (nSPS) is 19.3. The third kappa shape index (κ3) is 6.01. The van der Waals surface area contributed by atoms with Crippen molar-refractivity contribution in [2.45, 2.75) is 30.4 Å². The highest BCUT2D eigenvalue weighted by atomic mass is 32.2. The van der Waals surface area contributed by atoms with Crippen molar-refractivity contribution >= 4 is 33.0 Å². The summed E-state index contributed by atoms with van der Waals surface area (Å²) in [6.45, 7) is 3.31. The van der Waals surface area contributed by atoms with Gasteiger partial charge >= 0.3 is 0 Å². The fourth-order valence-corrected chi connectivity index (χ4v) is 5.62. The quantitative estimate of drug-likeness (QED) is 0.572. The Balaban J connectivity index is 1.45. The SMILES string of the molecule is O=S(=O)(c1ccc(NC(=S)N(Cc2ccccc2O)CC2CCCO2)cc1)N1CCOCC1. The van der Waals surface area contributed by atoms with E-state index in [1.165, 1.54) is 4.31 Å². The van der Waals surface area contributed by atoms with E-state index >= 15 is 0 Å². The van der Waals surface area contributed by atoms with Crippen molar-refractivity contribution < 1.29 is 23.0 Å². The van der Waals surface area contributed by atoms with E-state index in [0.717, 1.165) is 25.0 Å². The maximum atomic E-state index is 12.8. The number of aromatic hydroxyl groups is 1. The summed E-state index contributed by atoms with van der Waals surface area (Å²) in [5, 5.41) is 13.9. The smallest absolute Gasteiger partial charge is 0.243 e. The second-order valence-corrected chi connectivity index (χ2v) is 10.4. The number of nitrogens with one attached hydrogen (secondary N) is 1. The van der Waals surface area contributed by atoms with Gasteiger partial charge in [0.2, 0.25) is 10.0 Å². The monoisotopic (exact) mass is 491 g/mol. The molecule has 2 aliphatic heterocycles. The van der Waals surface area contributed by atoms with Gasteiger partial charge in [0.1, 0.15) is 5.75 Å². The first kappa shape index (κ1) is 23.9. The highest BCUT2D eigenvalue weighted by Gasteiger charge is 2.26. The van der Waals surface area contributed by atoms with Crippen LogP contribution in [0.3, 0.4) is 0 Å². The van der Waals surface area contributed by atoms with Crippen molar-refractivity contribution in [3.8, 4) is 5.75 Å². The van der Waals surface area contributed by atoms with Gasteiger partial charge in [0.25, 0.3) is 0 Å². The van der Waals surface area contributed by atoms with E-state index in [0.29, 0.717) is 50.2 Å². The number of nitrogens with zero attached hydrogens (tertiary/aromatic N) is 2. The number of thiocarbonyl (C=S) groups is 1. The molecule has 0 spiro atoms. The molecule has 0 bridgehead atoms. The first-order chi connectivity index (χ1) is 15.9. The van der Waals surface area contributed by atoms with Crippen LogP contribution in [-0.4, -0.2) is 73.4 Å². The number of phenols is 1. The largest absolute Gasteiger partial charge is 0.508 e. The lowest BCUT2D eigenvalue weighted by molar-refractivity contribution is 0.0730. The molecule has 2 heterocycles. The molecular weight excluding hydrogens is 462 g/mol. The fraction of sp³-hybridized carbons (Fsp3) is 0.435. The molecule has 0 aliphatic carbocycles. The van der Waals surface area contributed by atoms with Crippen LogP contribution in [0.15, 0.2) is 53.4 Å². The number of anilines is 1. The van der Waals surface area contributed by atoms with E-state index in [1.807, 2.05) is 17.0 Å². The summed E-state index contributed by atoms with van der Waals surface area (Å²) >= 11 is 5.68. The molecule has 2 aromatic rings. The van der Waals surface area contributed by atoms with E-state index in [-0.39, 0.29) is 16.7 Å². The molecule has 0 amide bonds. The summed E-state index contributed by atoms with van der Waals surface area (Å²) in [6, 6.07) is 13.8. The maximum Gasteiger partial charge on any atom is 0.243 e. The molecule has 0 radical (unpaired) electrons. The van der Waals surface area contributed by atoms with Crippen molar-refractivity contribution in [1.29, 1.82) is 0 Å². The predicted octanol–water partition coefficient (Wildman–Crippen LogP) is 2.79. The number of sulfonamides is 1. The third-order valence-electron chi connectivity index (χ3n) is 5.80. The van der Waals surface area contributed by atoms with E-state index in [1.54, 1.807) is 36.4 Å². The van der Waals surface area contributed by atoms with Gasteiger partial charge in [-0.1, -0.05) is 18.2 Å². The van der Waals surface area contributed by atoms with Crippen LogP contribution in [0.5, 0.6) is 5.75 Å². The first-order valence-electron chi connectivity index (χ1n) is 11.1. The third-order valence-corrected chi connectivity index (χ3v) is 8.07. The van der Waals surface area contributed by atoms with Crippen LogP contribution in [0.4, 0.5) is 5.69 Å². The Morgan fingerprint density at radius 2 is 1.85 bits per heavy atom. The molecule has 2 fully saturated rings. The van der Waals surface area contributed by atoms with Gasteiger partial charge in [-0.15, -0.1) is 0 Å². The lowest BCUT2D eigenvalue weighted by atomic mass is 10.1. The van der Waals surface area contributed by atoms with Gasteiger partial charge in [-0.3, -0.25) is 0 Å². The molecule has 10 heteroatoms. The minimum atomic E-state index is -3.55. The average molecular weight is 492 g/mol. The van der Waals surface area contributed by atoms with Crippen LogP contribution in [0, 0.1) is 0 Å². The van der Waals surface area contributed by atoms with Crippen LogP contribution in [0.1, 0.15) is 18.4 Å². The highest BCUT2D eigenvalue weighted by molar-refractivity contribution is 7.89. The Labute approximate surface area is 200 Å². The zero-order valence-corrected chi connectivity index (χ0v) is 20.0. The van der Waals surface area contributed by atoms with Crippen LogP contribution in [0.2, 0.25) is 0 Å². The summed E-state index contributed by atoms with van der Waals surface area (Å²) in [5.41, 5.74) is 1.46. The van der Waals surface area contributed by atoms with Crippen LogP contribution in [-0.2, 0) is 26.0 Å². The molecule has 178 valence electrons. The van der Waals surface area contributed by atoms with Gasteiger partial charge in [0.15, 0.2) is 5.11 Å². The minimum absolute atomic E-state index is 0.0802. The molecule has 2 aliphatic rings. The molecule has 2 saturated heterocycles. The van der Waals surface area contributed by atoms with Crippen molar-refractivity contribution in [2.75, 3.05) is 44.8 Å². The summed E-state index contributed by atoms with van der Waals surface area (Å²) in [4.78, 5) is 2.21. The van der Waals surface area contributed by atoms with Crippen molar-refractivity contribution in [1.82, 2.24) is 9.21 Å². The van der Waals surface area contributed by atoms with E-state index in [4.69, 9.17) is 21.7 Å². The number of hydrogen-bond donors (Lipinski definition) is 2. The first-order valence-corrected chi connectivity index (χ1v) is 12.9. The number of ether oxygens (including phenoxy) is 2. The van der Waals surface area contributed by atoms with Crippen molar-refractivity contribution in [2.24, 2.45) is 0 Å². The Bertz CT molecular complexity index is 1050. The summed E-state index contributed by atoms with van der Waals surface area (Å²) < 4.78 is 38.2. The second-order valence-electron chi connectivity index (χ2n) is 8.12. The Hall–Kier alpha value is -2.24. The van der Waals surface area contributed by atoms with Gasteiger partial charge in [-0.05, 0) is 55.4 Å². The molecular formula is C23H29N3O5S2. The van der Waals surface area contributed by atoms with Crippen LogP contribution in [0.25, 0.3) is 0 Å². The Morgan fingerprint density at radius 3 is 2.52 bits per heavy atom. The van der Waals surface area contributed by atoms with Gasteiger partial charge in [0.05, 0.1) is 24.2 Å². The minimum Gasteiger partial charge on any atom is -0.508 e. The summed E-state index contributed by atoms with van der Waals surface area (Å²) in [7, 11) is -3.55. The van der Waals surface area contributed by atoms with Crippen molar-refractivity contribution in [3.63, 3.8) is 0 Å². The van der Waals surface area contributed by atoms with Gasteiger partial charge in [0, 0.05) is 44.0 Å². The number of morpholine rings is 1. The summed E-state index contributed by atoms with van der Waals surface area (Å²) in [5.74, 6) is 0.218. The number of para-hydroxylation sites is 1. The summed E-state index contributed by atoms with van der Waals surface area (Å²) in [6.07, 6.45) is 2.07. The lowest BCUT2D eigenvalue weighted by Gasteiger charge is -2.29. The fourth-order valence-electron chi connectivity index (χ4n) is 3.95. The average Bonchev–Trinajstić information content (AvgIpc) is 3.34. The Kier molecular flexibility index (Phi) is 7.82. The number of hydrogen-bond acceptors (Lipinski definition) is 6. The molecule has 0 aromatic heterocycles. The maximum absolute atomic E-state index is 12.8. The topological polar surface area (TPSA) is 91.3 Å². The molecule has 0 saturated carbocycles. The van der Waals surface area contributed by atoms with Crippen LogP contribution >= 0.6 is 12.2 Å². The second kappa shape index (κ2) is 10.8. The van der Waals surface area contributed by atoms with Crippen LogP contribution < -0.4 is 5.32 Å². The van der Waals surface area contributed by atoms with Gasteiger partial charge in [-0.25, -0.2) is 8.42 Å². The zero-order valence-electron chi connectivity index (χ0n) is 18.4. The van der Waals surface area contributed by atoms with E-state index in [9.17, 15) is 13.5 Å². The number of benzene rings is 2. The molecule has 33 heavy (non-hydrogen) atoms. The van der Waals surface area contributed by atoms with Gasteiger partial charge < -0.3 is 24.8 Å². The molecule has 2 aromatic carbocycles. The zero-order chi connectivity index (χ0) is 23.3. The molecule has 4 rings (SSSR count). The number of rotatable bonds is 7. The molecule has 1 unspecified atom stereocenters. The molecule has 1 atom stereocenters. The van der Waals surface area contributed by atoms with E-state index < -0.39 is 10.0 Å². The molecule has 8 nitrogen and oxygen atoms in total. The Morgan fingerprint density at radius 1 is 1.12 bits per heavy atom. The standard InChI is InChI=1S/C23H29N3O5S2/c27-22-6-2-1-4-18(22)16-25(17-20-5-3-13-31-20)23(32)24-19-7-9-21(10-8-19)33(28,29)26-11-14-30-15-12-26/h1-2,4,6-10,20,27H,3,5,11-17H2,(H,24,32). The van der Waals surface area contributed by atoms with Crippen molar-refractivity contribution in [3.05, 3.63) is 54.1 Å². The van der Waals surface area contributed by atoms with E-state index in [2.05, 4.69) is 5.32 Å². The van der Waals surface area contributed by atoms with Gasteiger partial charge in [-0.2, -0.15) is 4.31 Å².